The third-order valence-electron chi connectivity index (χ3n) is 11.5. The number of fused-ring (bicyclic) bond motifs is 5. The number of carbonyl (C=O) groups excluding carboxylic acids is 2. The van der Waals surface area contributed by atoms with Crippen LogP contribution in [-0.2, 0) is 9.59 Å². The van der Waals surface area contributed by atoms with Crippen LogP contribution in [0.3, 0.4) is 0 Å². The highest BCUT2D eigenvalue weighted by atomic mass is 16.3. The first-order valence-electron chi connectivity index (χ1n) is 13.3. The third-order valence-corrected chi connectivity index (χ3v) is 11.5. The molecule has 0 radical (unpaired) electrons. The highest BCUT2D eigenvalue weighted by Crippen LogP contribution is 2.67. The highest BCUT2D eigenvalue weighted by Gasteiger charge is 2.63. The maximum absolute atomic E-state index is 13.3. The minimum atomic E-state index is -0.704. The second kappa shape index (κ2) is 8.48. The van der Waals surface area contributed by atoms with Gasteiger partial charge in [0.05, 0.1) is 12.2 Å². The molecule has 0 spiro atoms. The fraction of sp³-hybridized carbons (Fsp3) is 0.929. The van der Waals surface area contributed by atoms with Crippen LogP contribution in [0.25, 0.3) is 0 Å². The lowest BCUT2D eigenvalue weighted by atomic mass is 9.44. The monoisotopic (exact) mass is 446 g/mol. The lowest BCUT2D eigenvalue weighted by Gasteiger charge is -2.60. The van der Waals surface area contributed by atoms with Crippen molar-refractivity contribution >= 4 is 11.6 Å². The van der Waals surface area contributed by atoms with Gasteiger partial charge in [-0.15, -0.1) is 0 Å². The number of aliphatic hydroxyl groups excluding tert-OH is 2. The lowest BCUT2D eigenvalue weighted by Crippen LogP contribution is -2.57. The van der Waals surface area contributed by atoms with E-state index in [1.54, 1.807) is 0 Å². The van der Waals surface area contributed by atoms with Gasteiger partial charge < -0.3 is 10.2 Å². The summed E-state index contributed by atoms with van der Waals surface area (Å²) in [5.41, 5.74) is 0.109. The van der Waals surface area contributed by atoms with E-state index >= 15 is 0 Å². The summed E-state index contributed by atoms with van der Waals surface area (Å²) in [4.78, 5) is 25.4. The van der Waals surface area contributed by atoms with Gasteiger partial charge in [0.2, 0.25) is 0 Å². The van der Waals surface area contributed by atoms with Crippen LogP contribution < -0.4 is 0 Å². The second-order valence-corrected chi connectivity index (χ2v) is 13.0. The molecule has 0 saturated heterocycles. The minimum Gasteiger partial charge on any atom is -0.390 e. The molecule has 0 amide bonds. The number of rotatable bonds is 5. The molecule has 0 aromatic carbocycles. The molecule has 32 heavy (non-hydrogen) atoms. The van der Waals surface area contributed by atoms with Crippen LogP contribution in [0.1, 0.15) is 92.9 Å². The summed E-state index contributed by atoms with van der Waals surface area (Å²) in [5, 5.41) is 22.0. The van der Waals surface area contributed by atoms with Crippen LogP contribution in [0.4, 0.5) is 0 Å². The van der Waals surface area contributed by atoms with Crippen molar-refractivity contribution in [3.05, 3.63) is 0 Å². The zero-order valence-corrected chi connectivity index (χ0v) is 21.1. The van der Waals surface area contributed by atoms with Crippen molar-refractivity contribution in [3.63, 3.8) is 0 Å². The van der Waals surface area contributed by atoms with E-state index in [0.29, 0.717) is 54.6 Å². The molecule has 0 unspecified atom stereocenters. The maximum Gasteiger partial charge on any atom is 0.137 e. The second-order valence-electron chi connectivity index (χ2n) is 13.0. The molecule has 4 saturated carbocycles. The summed E-state index contributed by atoms with van der Waals surface area (Å²) in [6.07, 6.45) is 5.73. The number of Topliss-reactive ketones (excluding diaryl/α,β-unsaturated/α-hetero) is 2. The van der Waals surface area contributed by atoms with Gasteiger partial charge in [-0.05, 0) is 84.4 Å². The van der Waals surface area contributed by atoms with Crippen molar-refractivity contribution in [2.75, 3.05) is 0 Å². The van der Waals surface area contributed by atoms with Gasteiger partial charge in [0.1, 0.15) is 11.6 Å². The number of aliphatic hydroxyl groups is 2. The smallest absolute Gasteiger partial charge is 0.137 e. The SMILES string of the molecule is CC(C)[C@H](C)[C@@H](O)[C@H](O)[C@@H](C)[C@@H]1CC[C@@H]2[C@H]3CC(=O)[C@H]4CC(=O)CC[C@]4(C)[C@H]3CC[C@@]21C. The summed E-state index contributed by atoms with van der Waals surface area (Å²) in [6, 6.07) is 0. The van der Waals surface area contributed by atoms with Crippen LogP contribution in [-0.4, -0.2) is 34.0 Å². The number of hydrogen-bond acceptors (Lipinski definition) is 4. The van der Waals surface area contributed by atoms with Gasteiger partial charge in [0, 0.05) is 25.2 Å². The molecule has 0 aliphatic heterocycles. The van der Waals surface area contributed by atoms with E-state index < -0.39 is 12.2 Å². The largest absolute Gasteiger partial charge is 0.390 e. The molecule has 2 N–H and O–H groups in total. The van der Waals surface area contributed by atoms with Crippen molar-refractivity contribution in [2.45, 2.75) is 105 Å². The first kappa shape index (κ1) is 24.4. The Balaban J connectivity index is 1.55. The number of carbonyl (C=O) groups is 2. The van der Waals surface area contributed by atoms with Crippen LogP contribution in [0.5, 0.6) is 0 Å². The zero-order valence-electron chi connectivity index (χ0n) is 21.1. The average molecular weight is 447 g/mol. The van der Waals surface area contributed by atoms with E-state index in [-0.39, 0.29) is 34.4 Å². The lowest BCUT2D eigenvalue weighted by molar-refractivity contribution is -0.160. The molecule has 4 aliphatic rings. The molecule has 0 heterocycles. The van der Waals surface area contributed by atoms with Gasteiger partial charge in [-0.1, -0.05) is 41.5 Å². The Morgan fingerprint density at radius 2 is 1.50 bits per heavy atom. The van der Waals surface area contributed by atoms with Gasteiger partial charge >= 0.3 is 0 Å². The highest BCUT2D eigenvalue weighted by molar-refractivity contribution is 5.90. The molecule has 0 bridgehead atoms. The normalized spacial score (nSPS) is 45.6. The van der Waals surface area contributed by atoms with E-state index in [4.69, 9.17) is 0 Å². The Kier molecular flexibility index (Phi) is 6.47. The summed E-state index contributed by atoms with van der Waals surface area (Å²) in [7, 11) is 0. The molecule has 4 nitrogen and oxygen atoms in total. The standard InChI is InChI=1S/C28H46O4/c1-15(2)16(3)25(31)26(32)17(4)20-7-8-21-19-14-24(30)23-13-18(29)9-11-28(23,6)22(19)10-12-27(20,21)5/h15-17,19-23,25-26,31-32H,7-14H2,1-6H3/t16-,17-,19+,20-,21+,22-,23+,25+,26+,27+,28+/m0/s1. The quantitative estimate of drug-likeness (QED) is 0.620. The molecule has 4 heteroatoms. The molecular formula is C28H46O4. The Morgan fingerprint density at radius 1 is 0.844 bits per heavy atom. The molecule has 4 aliphatic carbocycles. The molecule has 4 fully saturated rings. The van der Waals surface area contributed by atoms with Crippen LogP contribution >= 0.6 is 0 Å². The Labute approximate surface area is 194 Å². The predicted octanol–water partition coefficient (Wildman–Crippen LogP) is 5.04. The fourth-order valence-electron chi connectivity index (χ4n) is 9.00. The van der Waals surface area contributed by atoms with Crippen molar-refractivity contribution in [3.8, 4) is 0 Å². The van der Waals surface area contributed by atoms with Crippen LogP contribution in [0.15, 0.2) is 0 Å². The van der Waals surface area contributed by atoms with Gasteiger partial charge in [-0.25, -0.2) is 0 Å². The topological polar surface area (TPSA) is 74.6 Å². The average Bonchev–Trinajstić information content (AvgIpc) is 3.10. The fourth-order valence-corrected chi connectivity index (χ4v) is 9.00. The minimum absolute atomic E-state index is 0.0126. The third kappa shape index (κ3) is 3.63. The molecule has 0 aromatic rings. The van der Waals surface area contributed by atoms with Gasteiger partial charge in [0.25, 0.3) is 0 Å². The Morgan fingerprint density at radius 3 is 2.16 bits per heavy atom. The van der Waals surface area contributed by atoms with Crippen molar-refractivity contribution < 1.29 is 19.8 Å². The van der Waals surface area contributed by atoms with Gasteiger partial charge in [-0.2, -0.15) is 0 Å². The summed E-state index contributed by atoms with van der Waals surface area (Å²) < 4.78 is 0. The van der Waals surface area contributed by atoms with E-state index in [2.05, 4.69) is 34.6 Å². The molecule has 0 aromatic heterocycles. The Bertz CT molecular complexity index is 746. The van der Waals surface area contributed by atoms with Crippen molar-refractivity contribution in [1.29, 1.82) is 0 Å². The molecule has 182 valence electrons. The first-order valence-corrected chi connectivity index (χ1v) is 13.3. The van der Waals surface area contributed by atoms with Crippen molar-refractivity contribution in [2.24, 2.45) is 58.2 Å². The first-order chi connectivity index (χ1) is 14.9. The van der Waals surface area contributed by atoms with E-state index in [1.165, 1.54) is 0 Å². The molecule has 4 rings (SSSR count). The Hall–Kier alpha value is -0.740. The maximum atomic E-state index is 13.3. The van der Waals surface area contributed by atoms with E-state index in [1.807, 2.05) is 6.92 Å². The number of hydrogen-bond donors (Lipinski definition) is 2. The van der Waals surface area contributed by atoms with E-state index in [9.17, 15) is 19.8 Å². The molecular weight excluding hydrogens is 400 g/mol. The zero-order chi connectivity index (χ0) is 23.6. The van der Waals surface area contributed by atoms with Gasteiger partial charge in [-0.3, -0.25) is 9.59 Å². The predicted molar refractivity (Wildman–Crippen MR) is 126 cm³/mol. The molecule has 11 atom stereocenters. The van der Waals surface area contributed by atoms with Crippen LogP contribution in [0.2, 0.25) is 0 Å². The summed E-state index contributed by atoms with van der Waals surface area (Å²) in [6.45, 7) is 13.1. The van der Waals surface area contributed by atoms with Crippen molar-refractivity contribution in [1.82, 2.24) is 0 Å². The summed E-state index contributed by atoms with van der Waals surface area (Å²) >= 11 is 0. The van der Waals surface area contributed by atoms with E-state index in [0.717, 1.165) is 32.1 Å². The number of ketones is 2. The van der Waals surface area contributed by atoms with Gasteiger partial charge in [0.15, 0.2) is 0 Å². The van der Waals surface area contributed by atoms with Crippen LogP contribution in [0, 0.1) is 58.2 Å². The summed E-state index contributed by atoms with van der Waals surface area (Å²) in [5.74, 6) is 2.86.